The zero-order chi connectivity index (χ0) is 15.5. The number of pyridine rings is 1. The van der Waals surface area contributed by atoms with Gasteiger partial charge in [0.1, 0.15) is 5.82 Å². The number of rotatable bonds is 4. The van der Waals surface area contributed by atoms with Crippen molar-refractivity contribution in [2.24, 2.45) is 5.92 Å². The standard InChI is InChI=1S/C17H25N3O2/c1-19(17(21)13-6-3-7-13)14-8-5-11-20(12-14)15-9-4-10-16(18-15)22-2/h4,9-10,13-14H,3,5-8,11-12H2,1-2H3. The van der Waals surface area contributed by atoms with Gasteiger partial charge in [-0.05, 0) is 31.7 Å². The monoisotopic (exact) mass is 303 g/mol. The molecule has 0 aromatic carbocycles. The first-order valence-electron chi connectivity index (χ1n) is 8.21. The van der Waals surface area contributed by atoms with Crippen LogP contribution in [0.2, 0.25) is 0 Å². The zero-order valence-corrected chi connectivity index (χ0v) is 13.5. The SMILES string of the molecule is COc1cccc(N2CCCC(N(C)C(=O)C3CCC3)C2)n1. The molecule has 2 heterocycles. The highest BCUT2D eigenvalue weighted by Crippen LogP contribution is 2.30. The number of nitrogens with zero attached hydrogens (tertiary/aromatic N) is 3. The molecule has 1 aliphatic heterocycles. The van der Waals surface area contributed by atoms with Crippen molar-refractivity contribution in [3.05, 3.63) is 18.2 Å². The van der Waals surface area contributed by atoms with Crippen molar-refractivity contribution in [2.45, 2.75) is 38.1 Å². The number of carbonyl (C=O) groups is 1. The highest BCUT2D eigenvalue weighted by atomic mass is 16.5. The summed E-state index contributed by atoms with van der Waals surface area (Å²) in [5.41, 5.74) is 0. The van der Waals surface area contributed by atoms with Crippen LogP contribution in [0.25, 0.3) is 0 Å². The molecule has 1 unspecified atom stereocenters. The first-order valence-corrected chi connectivity index (χ1v) is 8.21. The van der Waals surface area contributed by atoms with Crippen molar-refractivity contribution in [1.29, 1.82) is 0 Å². The lowest BCUT2D eigenvalue weighted by Crippen LogP contribution is -2.51. The van der Waals surface area contributed by atoms with Crippen molar-refractivity contribution in [1.82, 2.24) is 9.88 Å². The van der Waals surface area contributed by atoms with Crippen LogP contribution in [0.3, 0.4) is 0 Å². The Hall–Kier alpha value is -1.78. The van der Waals surface area contributed by atoms with E-state index in [4.69, 9.17) is 4.74 Å². The number of amides is 1. The van der Waals surface area contributed by atoms with E-state index in [2.05, 4.69) is 9.88 Å². The van der Waals surface area contributed by atoms with E-state index in [1.165, 1.54) is 6.42 Å². The predicted octanol–water partition coefficient (Wildman–Crippen LogP) is 2.32. The molecule has 1 amide bonds. The molecule has 120 valence electrons. The lowest BCUT2D eigenvalue weighted by molar-refractivity contribution is -0.139. The Morgan fingerprint density at radius 3 is 2.82 bits per heavy atom. The Morgan fingerprint density at radius 2 is 2.14 bits per heavy atom. The third-order valence-corrected chi connectivity index (χ3v) is 4.99. The first kappa shape index (κ1) is 15.1. The molecule has 2 fully saturated rings. The lowest BCUT2D eigenvalue weighted by Gasteiger charge is -2.40. The van der Waals surface area contributed by atoms with Gasteiger partial charge in [0, 0.05) is 38.2 Å². The summed E-state index contributed by atoms with van der Waals surface area (Å²) in [4.78, 5) is 21.2. The summed E-state index contributed by atoms with van der Waals surface area (Å²) >= 11 is 0. The van der Waals surface area contributed by atoms with Crippen LogP contribution in [0.4, 0.5) is 5.82 Å². The molecule has 1 aromatic rings. The molecule has 5 heteroatoms. The van der Waals surface area contributed by atoms with Crippen molar-refractivity contribution in [3.8, 4) is 5.88 Å². The molecular formula is C17H25N3O2. The molecule has 0 N–H and O–H groups in total. The van der Waals surface area contributed by atoms with Gasteiger partial charge in [-0.2, -0.15) is 4.98 Å². The Morgan fingerprint density at radius 1 is 1.32 bits per heavy atom. The van der Waals surface area contributed by atoms with E-state index in [1.54, 1.807) is 7.11 Å². The van der Waals surface area contributed by atoms with Gasteiger partial charge >= 0.3 is 0 Å². The molecule has 1 atom stereocenters. The Bertz CT molecular complexity index is 530. The summed E-state index contributed by atoms with van der Waals surface area (Å²) in [6.07, 6.45) is 5.50. The van der Waals surface area contributed by atoms with Crippen molar-refractivity contribution in [3.63, 3.8) is 0 Å². The summed E-state index contributed by atoms with van der Waals surface area (Å²) in [6.45, 7) is 1.84. The largest absolute Gasteiger partial charge is 0.481 e. The van der Waals surface area contributed by atoms with Crippen LogP contribution < -0.4 is 9.64 Å². The molecule has 0 bridgehead atoms. The zero-order valence-electron chi connectivity index (χ0n) is 13.5. The summed E-state index contributed by atoms with van der Waals surface area (Å²) in [5, 5.41) is 0. The highest BCUT2D eigenvalue weighted by Gasteiger charge is 2.33. The van der Waals surface area contributed by atoms with Gasteiger partial charge in [0.25, 0.3) is 0 Å². The van der Waals surface area contributed by atoms with E-state index in [9.17, 15) is 4.79 Å². The minimum absolute atomic E-state index is 0.273. The molecular weight excluding hydrogens is 278 g/mol. The summed E-state index contributed by atoms with van der Waals surface area (Å²) in [5.74, 6) is 2.18. The molecule has 5 nitrogen and oxygen atoms in total. The van der Waals surface area contributed by atoms with Gasteiger partial charge < -0.3 is 14.5 Å². The van der Waals surface area contributed by atoms with Crippen LogP contribution in [0.5, 0.6) is 5.88 Å². The summed E-state index contributed by atoms with van der Waals surface area (Å²) in [6, 6.07) is 6.12. The Kier molecular flexibility index (Phi) is 4.50. The number of anilines is 1. The average molecular weight is 303 g/mol. The highest BCUT2D eigenvalue weighted by molar-refractivity contribution is 5.79. The second-order valence-corrected chi connectivity index (χ2v) is 6.36. The van der Waals surface area contributed by atoms with Crippen molar-refractivity contribution < 1.29 is 9.53 Å². The molecule has 2 aliphatic rings. The van der Waals surface area contributed by atoms with E-state index in [1.807, 2.05) is 30.1 Å². The van der Waals surface area contributed by atoms with Gasteiger partial charge in [-0.1, -0.05) is 12.5 Å². The molecule has 1 aromatic heterocycles. The maximum Gasteiger partial charge on any atom is 0.225 e. The second-order valence-electron chi connectivity index (χ2n) is 6.36. The molecule has 3 rings (SSSR count). The van der Waals surface area contributed by atoms with E-state index >= 15 is 0 Å². The van der Waals surface area contributed by atoms with Crippen LogP contribution >= 0.6 is 0 Å². The minimum Gasteiger partial charge on any atom is -0.481 e. The third-order valence-electron chi connectivity index (χ3n) is 4.99. The number of likely N-dealkylation sites (N-methyl/N-ethyl adjacent to an activating group) is 1. The summed E-state index contributed by atoms with van der Waals surface area (Å²) in [7, 11) is 3.60. The van der Waals surface area contributed by atoms with Gasteiger partial charge in [-0.25, -0.2) is 0 Å². The third kappa shape index (κ3) is 3.03. The number of hydrogen-bond acceptors (Lipinski definition) is 4. The minimum atomic E-state index is 0.273. The maximum absolute atomic E-state index is 12.4. The average Bonchev–Trinajstić information content (AvgIpc) is 2.52. The number of carbonyl (C=O) groups excluding carboxylic acids is 1. The second kappa shape index (κ2) is 6.55. The summed E-state index contributed by atoms with van der Waals surface area (Å²) < 4.78 is 5.21. The van der Waals surface area contributed by atoms with E-state index in [-0.39, 0.29) is 12.0 Å². The van der Waals surface area contributed by atoms with Crippen LogP contribution in [0, 0.1) is 5.92 Å². The van der Waals surface area contributed by atoms with E-state index < -0.39 is 0 Å². The van der Waals surface area contributed by atoms with Gasteiger partial charge in [0.15, 0.2) is 0 Å². The smallest absolute Gasteiger partial charge is 0.225 e. The molecule has 0 spiro atoms. The predicted molar refractivity (Wildman–Crippen MR) is 86.1 cm³/mol. The number of aromatic nitrogens is 1. The fourth-order valence-electron chi connectivity index (χ4n) is 3.30. The number of hydrogen-bond donors (Lipinski definition) is 0. The number of methoxy groups -OCH3 is 1. The van der Waals surface area contributed by atoms with Crippen molar-refractivity contribution in [2.75, 3.05) is 32.1 Å². The van der Waals surface area contributed by atoms with Crippen LogP contribution in [-0.2, 0) is 4.79 Å². The maximum atomic E-state index is 12.4. The van der Waals surface area contributed by atoms with Crippen LogP contribution in [-0.4, -0.2) is 49.1 Å². The first-order chi connectivity index (χ1) is 10.7. The van der Waals surface area contributed by atoms with Crippen LogP contribution in [0.15, 0.2) is 18.2 Å². The Labute approximate surface area is 132 Å². The van der Waals surface area contributed by atoms with Gasteiger partial charge in [0.05, 0.1) is 7.11 Å². The fraction of sp³-hybridized carbons (Fsp3) is 0.647. The number of piperidine rings is 1. The van der Waals surface area contributed by atoms with E-state index in [0.717, 1.165) is 44.6 Å². The van der Waals surface area contributed by atoms with Crippen molar-refractivity contribution >= 4 is 11.7 Å². The molecule has 1 saturated carbocycles. The fourth-order valence-corrected chi connectivity index (χ4v) is 3.30. The topological polar surface area (TPSA) is 45.7 Å². The molecule has 1 saturated heterocycles. The van der Waals surface area contributed by atoms with Crippen LogP contribution in [0.1, 0.15) is 32.1 Å². The van der Waals surface area contributed by atoms with Gasteiger partial charge in [0.2, 0.25) is 11.8 Å². The lowest BCUT2D eigenvalue weighted by atomic mass is 9.84. The normalized spacial score (nSPS) is 22.1. The Balaban J connectivity index is 1.66. The van der Waals surface area contributed by atoms with Gasteiger partial charge in [-0.3, -0.25) is 4.79 Å². The van der Waals surface area contributed by atoms with Gasteiger partial charge in [-0.15, -0.1) is 0 Å². The number of ether oxygens (including phenoxy) is 1. The molecule has 1 aliphatic carbocycles. The quantitative estimate of drug-likeness (QED) is 0.856. The molecule has 0 radical (unpaired) electrons. The van der Waals surface area contributed by atoms with E-state index in [0.29, 0.717) is 11.8 Å². The molecule has 22 heavy (non-hydrogen) atoms.